The van der Waals surface area contributed by atoms with Gasteiger partial charge in [-0.05, 0) is 6.07 Å². The molecule has 1 amide bonds. The molecule has 1 heterocycles. The average molecular weight is 370 g/mol. The number of para-hydroxylation sites is 1. The Morgan fingerprint density at radius 2 is 1.88 bits per heavy atom. The molecule has 2 aromatic carbocycles. The monoisotopic (exact) mass is 370 g/mol. The first kappa shape index (κ1) is 18.5. The van der Waals surface area contributed by atoms with Gasteiger partial charge in [0.05, 0.1) is 7.11 Å². The Morgan fingerprint density at radius 3 is 2.65 bits per heavy atom. The number of carbonyl (C=O) groups is 2. The molecule has 6 heteroatoms. The molecule has 0 aliphatic carbocycles. The molecule has 0 saturated carbocycles. The van der Waals surface area contributed by atoms with E-state index in [1.165, 1.54) is 11.8 Å². The van der Waals surface area contributed by atoms with Gasteiger partial charge in [-0.3, -0.25) is 14.5 Å². The molecule has 26 heavy (non-hydrogen) atoms. The number of benzene rings is 2. The van der Waals surface area contributed by atoms with E-state index in [-0.39, 0.29) is 17.1 Å². The number of thioether (sulfide) groups is 1. The summed E-state index contributed by atoms with van der Waals surface area (Å²) in [6.45, 7) is 1.93. The zero-order valence-corrected chi connectivity index (χ0v) is 15.5. The highest BCUT2D eigenvalue weighted by Crippen LogP contribution is 2.26. The fourth-order valence-corrected chi connectivity index (χ4v) is 3.44. The molecule has 136 valence electrons. The van der Waals surface area contributed by atoms with Gasteiger partial charge in [0, 0.05) is 36.5 Å². The van der Waals surface area contributed by atoms with Crippen LogP contribution in [0.15, 0.2) is 54.6 Å². The van der Waals surface area contributed by atoms with Crippen LogP contribution in [0.4, 0.5) is 0 Å². The summed E-state index contributed by atoms with van der Waals surface area (Å²) in [6, 6.07) is 16.9. The molecule has 1 saturated heterocycles. The summed E-state index contributed by atoms with van der Waals surface area (Å²) in [5.41, 5.74) is 1.77. The van der Waals surface area contributed by atoms with E-state index in [1.54, 1.807) is 19.2 Å². The third-order valence-corrected chi connectivity index (χ3v) is 5.13. The number of methoxy groups -OCH3 is 1. The normalized spacial score (nSPS) is 18.2. The summed E-state index contributed by atoms with van der Waals surface area (Å²) < 4.78 is 5.35. The molecule has 1 N–H and O–H groups in total. The fourth-order valence-electron chi connectivity index (χ4n) is 2.74. The van der Waals surface area contributed by atoms with Gasteiger partial charge in [0.1, 0.15) is 11.8 Å². The summed E-state index contributed by atoms with van der Waals surface area (Å²) in [6.07, 6.45) is 0. The van der Waals surface area contributed by atoms with Crippen LogP contribution in [0.5, 0.6) is 5.75 Å². The molecule has 0 bridgehead atoms. The number of nitrogens with one attached hydrogen (secondary N) is 1. The zero-order valence-electron chi connectivity index (χ0n) is 14.7. The Kier molecular flexibility index (Phi) is 6.30. The maximum absolute atomic E-state index is 12.2. The molecule has 5 nitrogen and oxygen atoms in total. The maximum atomic E-state index is 12.2. The second kappa shape index (κ2) is 8.87. The minimum absolute atomic E-state index is 0.0210. The molecule has 1 aliphatic heterocycles. The smallest absolute Gasteiger partial charge is 0.238 e. The van der Waals surface area contributed by atoms with E-state index >= 15 is 0 Å². The molecule has 0 aromatic heterocycles. The lowest BCUT2D eigenvalue weighted by molar-refractivity contribution is -0.121. The van der Waals surface area contributed by atoms with E-state index in [2.05, 4.69) is 10.2 Å². The van der Waals surface area contributed by atoms with Gasteiger partial charge in [-0.1, -0.05) is 60.3 Å². The van der Waals surface area contributed by atoms with Crippen LogP contribution >= 0.6 is 11.8 Å². The van der Waals surface area contributed by atoms with Crippen molar-refractivity contribution >= 4 is 22.8 Å². The fraction of sp³-hybridized carbons (Fsp3) is 0.300. The Bertz CT molecular complexity index is 767. The van der Waals surface area contributed by atoms with Gasteiger partial charge >= 0.3 is 0 Å². The number of hydrogen-bond donors (Lipinski definition) is 1. The van der Waals surface area contributed by atoms with Crippen molar-refractivity contribution in [1.82, 2.24) is 10.2 Å². The molecular weight excluding hydrogens is 348 g/mol. The van der Waals surface area contributed by atoms with Crippen molar-refractivity contribution in [3.63, 3.8) is 0 Å². The molecular formula is C20H22N2O3S. The first-order chi connectivity index (χ1) is 12.7. The third kappa shape index (κ3) is 4.86. The van der Waals surface area contributed by atoms with E-state index in [9.17, 15) is 9.59 Å². The van der Waals surface area contributed by atoms with Crippen LogP contribution in [0.25, 0.3) is 0 Å². The summed E-state index contributed by atoms with van der Waals surface area (Å²) >= 11 is 1.23. The Hall–Kier alpha value is -2.31. The number of rotatable bonds is 8. The number of carbonyl (C=O) groups excluding carboxylic acids is 2. The van der Waals surface area contributed by atoms with Crippen molar-refractivity contribution in [2.45, 2.75) is 12.6 Å². The molecule has 1 aliphatic rings. The first-order valence-electron chi connectivity index (χ1n) is 8.55. The minimum atomic E-state index is -0.0882. The van der Waals surface area contributed by atoms with Crippen LogP contribution in [-0.2, 0) is 11.3 Å². The highest BCUT2D eigenvalue weighted by molar-refractivity contribution is 8.14. The van der Waals surface area contributed by atoms with Crippen molar-refractivity contribution in [3.05, 3.63) is 65.7 Å². The van der Waals surface area contributed by atoms with Crippen LogP contribution in [0.3, 0.4) is 0 Å². The minimum Gasteiger partial charge on any atom is -0.496 e. The van der Waals surface area contributed by atoms with Crippen molar-refractivity contribution in [1.29, 1.82) is 0 Å². The molecule has 2 atom stereocenters. The average Bonchev–Trinajstić information content (AvgIpc) is 3.45. The number of ether oxygens (including phenoxy) is 1. The zero-order chi connectivity index (χ0) is 18.4. The van der Waals surface area contributed by atoms with E-state index < -0.39 is 0 Å². The highest BCUT2D eigenvalue weighted by Gasteiger charge is 2.40. The van der Waals surface area contributed by atoms with Gasteiger partial charge in [0.25, 0.3) is 0 Å². The number of hydrogen-bond acceptors (Lipinski definition) is 5. The molecule has 2 unspecified atom stereocenters. The molecule has 0 spiro atoms. The van der Waals surface area contributed by atoms with Crippen LogP contribution in [0.1, 0.15) is 15.9 Å². The van der Waals surface area contributed by atoms with Gasteiger partial charge in [-0.25, -0.2) is 0 Å². The largest absolute Gasteiger partial charge is 0.496 e. The third-order valence-electron chi connectivity index (χ3n) is 4.23. The van der Waals surface area contributed by atoms with Gasteiger partial charge in [0.15, 0.2) is 0 Å². The van der Waals surface area contributed by atoms with Crippen LogP contribution in [-0.4, -0.2) is 47.9 Å². The van der Waals surface area contributed by atoms with Crippen molar-refractivity contribution in [2.75, 3.05) is 26.0 Å². The molecule has 2 aromatic rings. The Labute approximate surface area is 157 Å². The Balaban J connectivity index is 1.37. The maximum Gasteiger partial charge on any atom is 0.238 e. The van der Waals surface area contributed by atoms with Gasteiger partial charge < -0.3 is 10.1 Å². The van der Waals surface area contributed by atoms with E-state index in [4.69, 9.17) is 4.74 Å². The first-order valence-corrected chi connectivity index (χ1v) is 9.53. The molecule has 3 rings (SSSR count). The molecule has 1 fully saturated rings. The van der Waals surface area contributed by atoms with Gasteiger partial charge in [0.2, 0.25) is 11.0 Å². The van der Waals surface area contributed by atoms with E-state index in [1.807, 2.05) is 42.5 Å². The quantitative estimate of drug-likeness (QED) is 0.572. The predicted octanol–water partition coefficient (Wildman–Crippen LogP) is 2.57. The van der Waals surface area contributed by atoms with E-state index in [0.29, 0.717) is 24.4 Å². The lowest BCUT2D eigenvalue weighted by Crippen LogP contribution is -2.31. The Morgan fingerprint density at radius 1 is 1.15 bits per heavy atom. The van der Waals surface area contributed by atoms with Crippen molar-refractivity contribution in [2.24, 2.45) is 0 Å². The second-order valence-electron chi connectivity index (χ2n) is 6.05. The number of nitrogens with zero attached hydrogens (tertiary/aromatic N) is 1. The topological polar surface area (TPSA) is 58.4 Å². The molecule has 0 radical (unpaired) electrons. The van der Waals surface area contributed by atoms with Crippen LogP contribution in [0.2, 0.25) is 0 Å². The van der Waals surface area contributed by atoms with Crippen molar-refractivity contribution < 1.29 is 14.3 Å². The SMILES string of the molecule is COc1ccccc1CN1CC1C(=O)NCCSC(=O)c1ccccc1. The van der Waals surface area contributed by atoms with Crippen LogP contribution < -0.4 is 10.1 Å². The summed E-state index contributed by atoms with van der Waals surface area (Å²) in [4.78, 5) is 26.3. The standard InChI is InChI=1S/C20H22N2O3S/c1-25-18-10-6-5-9-16(18)13-22-14-17(22)19(23)21-11-12-26-20(24)15-7-3-2-4-8-15/h2-10,17H,11-14H2,1H3,(H,21,23). The lowest BCUT2D eigenvalue weighted by atomic mass is 10.2. The lowest BCUT2D eigenvalue weighted by Gasteiger charge is -2.09. The highest BCUT2D eigenvalue weighted by atomic mass is 32.2. The summed E-state index contributed by atoms with van der Waals surface area (Å²) in [5.74, 6) is 1.43. The van der Waals surface area contributed by atoms with Gasteiger partial charge in [-0.15, -0.1) is 0 Å². The van der Waals surface area contributed by atoms with Crippen LogP contribution in [0, 0.1) is 0 Å². The second-order valence-corrected chi connectivity index (χ2v) is 7.12. The summed E-state index contributed by atoms with van der Waals surface area (Å²) in [7, 11) is 1.65. The van der Waals surface area contributed by atoms with Crippen molar-refractivity contribution in [3.8, 4) is 5.75 Å². The number of amides is 1. The summed E-state index contributed by atoms with van der Waals surface area (Å²) in [5, 5.41) is 2.94. The van der Waals surface area contributed by atoms with E-state index in [0.717, 1.165) is 17.9 Å². The predicted molar refractivity (Wildman–Crippen MR) is 103 cm³/mol. The van der Waals surface area contributed by atoms with Gasteiger partial charge in [-0.2, -0.15) is 0 Å².